The highest BCUT2D eigenvalue weighted by Crippen LogP contribution is 2.20. The fraction of sp³-hybridized carbons (Fsp3) is 0.818. The standard InChI is InChI=1S/C11H18N6/c1-11(2,3)17-14-10(13-15-17)8-16-6-9(7-16)4-5-12/h9H,4,6-8H2,1-3H3. The molecule has 0 bridgehead atoms. The van der Waals surface area contributed by atoms with Crippen LogP contribution < -0.4 is 0 Å². The predicted molar refractivity (Wildman–Crippen MR) is 61.8 cm³/mol. The molecule has 1 aromatic rings. The summed E-state index contributed by atoms with van der Waals surface area (Å²) in [5, 5.41) is 21.0. The molecule has 1 aliphatic heterocycles. The normalized spacial score (nSPS) is 17.8. The molecule has 1 aromatic heterocycles. The average Bonchev–Trinajstić information content (AvgIpc) is 2.62. The van der Waals surface area contributed by atoms with Crippen molar-refractivity contribution in [2.45, 2.75) is 39.3 Å². The first kappa shape index (κ1) is 12.0. The number of tetrazole rings is 1. The zero-order chi connectivity index (χ0) is 12.5. The lowest BCUT2D eigenvalue weighted by Gasteiger charge is -2.37. The van der Waals surface area contributed by atoms with Crippen LogP contribution in [0.1, 0.15) is 33.0 Å². The fourth-order valence-corrected chi connectivity index (χ4v) is 1.85. The average molecular weight is 234 g/mol. The number of aromatic nitrogens is 4. The van der Waals surface area contributed by atoms with Gasteiger partial charge in [0.1, 0.15) is 0 Å². The molecule has 0 aromatic carbocycles. The molecule has 2 rings (SSSR count). The molecule has 0 spiro atoms. The number of rotatable bonds is 3. The van der Waals surface area contributed by atoms with Gasteiger partial charge in [0, 0.05) is 19.5 Å². The van der Waals surface area contributed by atoms with E-state index in [4.69, 9.17) is 5.26 Å². The van der Waals surface area contributed by atoms with Crippen LogP contribution in [0, 0.1) is 17.2 Å². The van der Waals surface area contributed by atoms with Crippen LogP contribution in [-0.4, -0.2) is 38.2 Å². The van der Waals surface area contributed by atoms with Gasteiger partial charge in [-0.25, -0.2) is 0 Å². The highest BCUT2D eigenvalue weighted by Gasteiger charge is 2.27. The molecule has 6 heteroatoms. The third-order valence-corrected chi connectivity index (χ3v) is 2.83. The van der Waals surface area contributed by atoms with Gasteiger partial charge in [0.25, 0.3) is 0 Å². The Balaban J connectivity index is 1.85. The van der Waals surface area contributed by atoms with E-state index in [1.807, 2.05) is 20.8 Å². The highest BCUT2D eigenvalue weighted by molar-refractivity contribution is 4.90. The monoisotopic (exact) mass is 234 g/mol. The first-order chi connectivity index (χ1) is 7.99. The smallest absolute Gasteiger partial charge is 0.188 e. The number of likely N-dealkylation sites (tertiary alicyclic amines) is 1. The lowest BCUT2D eigenvalue weighted by Crippen LogP contribution is -2.45. The third-order valence-electron chi connectivity index (χ3n) is 2.83. The summed E-state index contributed by atoms with van der Waals surface area (Å²) in [5.74, 6) is 1.29. The molecule has 0 saturated carbocycles. The second-order valence-electron chi connectivity index (χ2n) is 5.59. The van der Waals surface area contributed by atoms with Crippen LogP contribution >= 0.6 is 0 Å². The van der Waals surface area contributed by atoms with Gasteiger partial charge in [-0.1, -0.05) is 0 Å². The lowest BCUT2D eigenvalue weighted by molar-refractivity contribution is 0.0921. The van der Waals surface area contributed by atoms with Crippen molar-refractivity contribution < 1.29 is 0 Å². The summed E-state index contributed by atoms with van der Waals surface area (Å²) in [6, 6.07) is 2.20. The van der Waals surface area contributed by atoms with Crippen LogP contribution in [0.25, 0.3) is 0 Å². The van der Waals surface area contributed by atoms with Gasteiger partial charge in [0.2, 0.25) is 0 Å². The van der Waals surface area contributed by atoms with E-state index >= 15 is 0 Å². The van der Waals surface area contributed by atoms with Crippen LogP contribution in [0.15, 0.2) is 0 Å². The van der Waals surface area contributed by atoms with Gasteiger partial charge in [-0.3, -0.25) is 4.90 Å². The molecular formula is C11H18N6. The van der Waals surface area contributed by atoms with E-state index in [2.05, 4.69) is 26.4 Å². The van der Waals surface area contributed by atoms with Crippen molar-refractivity contribution in [2.75, 3.05) is 13.1 Å². The summed E-state index contributed by atoms with van der Waals surface area (Å²) in [6.07, 6.45) is 0.651. The molecule has 92 valence electrons. The maximum Gasteiger partial charge on any atom is 0.188 e. The van der Waals surface area contributed by atoms with Crippen LogP contribution in [0.2, 0.25) is 0 Å². The summed E-state index contributed by atoms with van der Waals surface area (Å²) in [5.41, 5.74) is -0.121. The first-order valence-corrected chi connectivity index (χ1v) is 5.87. The molecule has 2 heterocycles. The molecule has 0 aliphatic carbocycles. The van der Waals surface area contributed by atoms with Crippen molar-refractivity contribution in [1.82, 2.24) is 25.1 Å². The van der Waals surface area contributed by atoms with Gasteiger partial charge >= 0.3 is 0 Å². The van der Waals surface area contributed by atoms with Gasteiger partial charge in [0.15, 0.2) is 5.82 Å². The van der Waals surface area contributed by atoms with E-state index in [0.717, 1.165) is 25.5 Å². The Morgan fingerprint density at radius 3 is 2.65 bits per heavy atom. The molecule has 1 fully saturated rings. The van der Waals surface area contributed by atoms with E-state index in [1.54, 1.807) is 4.80 Å². The van der Waals surface area contributed by atoms with Gasteiger partial charge in [0.05, 0.1) is 18.2 Å². The Labute approximate surface area is 101 Å². The van der Waals surface area contributed by atoms with E-state index in [9.17, 15) is 0 Å². The Bertz CT molecular complexity index is 418. The minimum absolute atomic E-state index is 0.121. The molecular weight excluding hydrogens is 216 g/mol. The summed E-state index contributed by atoms with van der Waals surface area (Å²) < 4.78 is 0. The maximum absolute atomic E-state index is 8.56. The first-order valence-electron chi connectivity index (χ1n) is 5.87. The maximum atomic E-state index is 8.56. The Hall–Kier alpha value is -1.48. The van der Waals surface area contributed by atoms with Gasteiger partial charge < -0.3 is 0 Å². The van der Waals surface area contributed by atoms with Crippen molar-refractivity contribution in [2.24, 2.45) is 5.92 Å². The molecule has 17 heavy (non-hydrogen) atoms. The van der Waals surface area contributed by atoms with Gasteiger partial charge in [-0.15, -0.1) is 10.2 Å². The Morgan fingerprint density at radius 1 is 1.41 bits per heavy atom. The number of hydrogen-bond acceptors (Lipinski definition) is 5. The molecule has 0 N–H and O–H groups in total. The van der Waals surface area contributed by atoms with Crippen LogP contribution in [0.4, 0.5) is 0 Å². The van der Waals surface area contributed by atoms with Crippen molar-refractivity contribution >= 4 is 0 Å². The fourth-order valence-electron chi connectivity index (χ4n) is 1.85. The summed E-state index contributed by atoms with van der Waals surface area (Å²) >= 11 is 0. The zero-order valence-corrected chi connectivity index (χ0v) is 10.6. The molecule has 1 saturated heterocycles. The van der Waals surface area contributed by atoms with Crippen molar-refractivity contribution in [3.8, 4) is 6.07 Å². The third kappa shape index (κ3) is 2.80. The van der Waals surface area contributed by atoms with Gasteiger partial charge in [-0.05, 0) is 31.9 Å². The van der Waals surface area contributed by atoms with Gasteiger partial charge in [-0.2, -0.15) is 10.1 Å². The summed E-state index contributed by atoms with van der Waals surface area (Å²) in [4.78, 5) is 3.89. The summed E-state index contributed by atoms with van der Waals surface area (Å²) in [6.45, 7) is 8.81. The topological polar surface area (TPSA) is 70.6 Å². The van der Waals surface area contributed by atoms with Crippen LogP contribution in [-0.2, 0) is 12.1 Å². The SMILES string of the molecule is CC(C)(C)n1nnc(CN2CC(CC#N)C2)n1. The van der Waals surface area contributed by atoms with Crippen molar-refractivity contribution in [3.63, 3.8) is 0 Å². The number of nitriles is 1. The molecule has 0 radical (unpaired) electrons. The molecule has 6 nitrogen and oxygen atoms in total. The van der Waals surface area contributed by atoms with E-state index in [-0.39, 0.29) is 5.54 Å². The molecule has 0 unspecified atom stereocenters. The summed E-state index contributed by atoms with van der Waals surface area (Å²) in [7, 11) is 0. The Morgan fingerprint density at radius 2 is 2.12 bits per heavy atom. The van der Waals surface area contributed by atoms with E-state index in [0.29, 0.717) is 12.3 Å². The lowest BCUT2D eigenvalue weighted by atomic mass is 9.97. The van der Waals surface area contributed by atoms with Crippen LogP contribution in [0.5, 0.6) is 0 Å². The molecule has 0 atom stereocenters. The van der Waals surface area contributed by atoms with Crippen LogP contribution in [0.3, 0.4) is 0 Å². The van der Waals surface area contributed by atoms with Crippen molar-refractivity contribution in [1.29, 1.82) is 5.26 Å². The molecule has 1 aliphatic rings. The Kier molecular flexibility index (Phi) is 3.11. The molecule has 0 amide bonds. The second-order valence-corrected chi connectivity index (χ2v) is 5.59. The van der Waals surface area contributed by atoms with Crippen molar-refractivity contribution in [3.05, 3.63) is 5.82 Å². The number of hydrogen-bond donors (Lipinski definition) is 0. The van der Waals surface area contributed by atoms with E-state index in [1.165, 1.54) is 0 Å². The highest BCUT2D eigenvalue weighted by atomic mass is 15.6. The minimum atomic E-state index is -0.121. The minimum Gasteiger partial charge on any atom is -0.295 e. The largest absolute Gasteiger partial charge is 0.295 e. The number of nitrogens with zero attached hydrogens (tertiary/aromatic N) is 6. The van der Waals surface area contributed by atoms with E-state index < -0.39 is 0 Å². The quantitative estimate of drug-likeness (QED) is 0.772. The zero-order valence-electron chi connectivity index (χ0n) is 10.6. The predicted octanol–water partition coefficient (Wildman–Crippen LogP) is 0.774. The second kappa shape index (κ2) is 4.41.